The van der Waals surface area contributed by atoms with Crippen LogP contribution in [0.5, 0.6) is 0 Å². The van der Waals surface area contributed by atoms with Crippen molar-refractivity contribution in [1.29, 1.82) is 0 Å². The number of unbranched alkanes of at least 4 members (excludes halogenated alkanes) is 3. The number of amides is 1. The van der Waals surface area contributed by atoms with Crippen LogP contribution in [0.15, 0.2) is 0 Å². The molecule has 2 N–H and O–H groups in total. The fourth-order valence-corrected chi connectivity index (χ4v) is 1.40. The first-order valence-corrected chi connectivity index (χ1v) is 6.35. The number of hydrogen-bond donors (Lipinski definition) is 2. The van der Waals surface area contributed by atoms with Gasteiger partial charge in [-0.25, -0.2) is 4.79 Å². The molecule has 0 aromatic heterocycles. The Morgan fingerprint density at radius 3 is 2.50 bits per heavy atom. The number of ether oxygens (including phenoxy) is 2. The number of rotatable bonds is 11. The van der Waals surface area contributed by atoms with E-state index < -0.39 is 12.2 Å². The second-order valence-electron chi connectivity index (χ2n) is 4.09. The molecule has 6 nitrogen and oxygen atoms in total. The van der Waals surface area contributed by atoms with E-state index in [0.29, 0.717) is 13.0 Å². The summed E-state index contributed by atoms with van der Waals surface area (Å²) >= 11 is 0. The van der Waals surface area contributed by atoms with Crippen molar-refractivity contribution in [1.82, 2.24) is 10.6 Å². The van der Waals surface area contributed by atoms with Crippen LogP contribution in [0.25, 0.3) is 0 Å². The number of carbonyl (C=O) groups is 2. The molecule has 106 valence electrons. The molecule has 0 saturated carbocycles. The molecule has 0 aliphatic carbocycles. The van der Waals surface area contributed by atoms with Crippen molar-refractivity contribution in [2.75, 3.05) is 26.7 Å². The van der Waals surface area contributed by atoms with Crippen LogP contribution in [0.1, 0.15) is 32.6 Å². The van der Waals surface area contributed by atoms with Gasteiger partial charge in [-0.3, -0.25) is 4.79 Å². The molecule has 0 aliphatic rings. The molecule has 0 aromatic rings. The molecule has 1 atom stereocenters. The van der Waals surface area contributed by atoms with Gasteiger partial charge in [0.05, 0.1) is 0 Å². The second kappa shape index (κ2) is 12.2. The molecule has 0 fully saturated rings. The van der Waals surface area contributed by atoms with Gasteiger partial charge >= 0.3 is 6.09 Å². The fourth-order valence-electron chi connectivity index (χ4n) is 1.40. The lowest BCUT2D eigenvalue weighted by Crippen LogP contribution is -2.30. The van der Waals surface area contributed by atoms with E-state index in [0.717, 1.165) is 32.2 Å². The highest BCUT2D eigenvalue weighted by molar-refractivity contribution is 5.67. The molecule has 1 amide bonds. The minimum atomic E-state index is -0.466. The van der Waals surface area contributed by atoms with E-state index in [1.807, 2.05) is 7.05 Å². The molecule has 1 unspecified atom stereocenters. The Kier molecular flexibility index (Phi) is 11.3. The molecule has 0 spiro atoms. The standard InChI is InChI=1S/C12H24N2O4/c1-11(9-17-10-15)18-12(16)14-8-6-4-3-5-7-13-2/h10-11,13H,3-9H2,1-2H3,(H,14,16). The summed E-state index contributed by atoms with van der Waals surface area (Å²) in [5.41, 5.74) is 0. The first-order chi connectivity index (χ1) is 8.70. The molecule has 6 heteroatoms. The van der Waals surface area contributed by atoms with Gasteiger partial charge in [0.1, 0.15) is 12.7 Å². The SMILES string of the molecule is CNCCCCCCNC(=O)OC(C)COC=O. The molecular weight excluding hydrogens is 236 g/mol. The predicted octanol–water partition coefficient (Wildman–Crippen LogP) is 1.05. The van der Waals surface area contributed by atoms with Crippen molar-refractivity contribution in [3.05, 3.63) is 0 Å². The molecular formula is C12H24N2O4. The zero-order valence-corrected chi connectivity index (χ0v) is 11.2. The lowest BCUT2D eigenvalue weighted by Gasteiger charge is -2.12. The van der Waals surface area contributed by atoms with E-state index in [-0.39, 0.29) is 6.61 Å². The topological polar surface area (TPSA) is 76.7 Å². The Hall–Kier alpha value is -1.30. The van der Waals surface area contributed by atoms with Gasteiger partial charge in [0.25, 0.3) is 6.47 Å². The fraction of sp³-hybridized carbons (Fsp3) is 0.833. The third-order valence-electron chi connectivity index (χ3n) is 2.33. The highest BCUT2D eigenvalue weighted by Crippen LogP contribution is 1.98. The van der Waals surface area contributed by atoms with E-state index in [1.54, 1.807) is 6.92 Å². The van der Waals surface area contributed by atoms with Crippen molar-refractivity contribution in [3.8, 4) is 0 Å². The summed E-state index contributed by atoms with van der Waals surface area (Å²) in [6.07, 6.45) is 3.45. The third-order valence-corrected chi connectivity index (χ3v) is 2.33. The van der Waals surface area contributed by atoms with E-state index in [1.165, 1.54) is 0 Å². The number of alkyl carbamates (subject to hydrolysis) is 1. The summed E-state index contributed by atoms with van der Waals surface area (Å²) in [5.74, 6) is 0. The van der Waals surface area contributed by atoms with Gasteiger partial charge in [0, 0.05) is 6.54 Å². The van der Waals surface area contributed by atoms with Crippen molar-refractivity contribution in [2.24, 2.45) is 0 Å². The molecule has 18 heavy (non-hydrogen) atoms. The Bertz CT molecular complexity index is 224. The Balaban J connectivity index is 3.33. The minimum absolute atomic E-state index is 0.0843. The molecule has 0 bridgehead atoms. The van der Waals surface area contributed by atoms with Crippen LogP contribution in [0, 0.1) is 0 Å². The average Bonchev–Trinajstić information content (AvgIpc) is 2.35. The lowest BCUT2D eigenvalue weighted by molar-refractivity contribution is -0.131. The lowest BCUT2D eigenvalue weighted by atomic mass is 10.2. The largest absolute Gasteiger partial charge is 0.464 e. The quantitative estimate of drug-likeness (QED) is 0.429. The third kappa shape index (κ3) is 11.2. The van der Waals surface area contributed by atoms with Crippen LogP contribution >= 0.6 is 0 Å². The Morgan fingerprint density at radius 2 is 1.89 bits per heavy atom. The van der Waals surface area contributed by atoms with Crippen molar-refractivity contribution < 1.29 is 19.1 Å². The molecule has 0 heterocycles. The van der Waals surface area contributed by atoms with Crippen LogP contribution in [-0.2, 0) is 14.3 Å². The van der Waals surface area contributed by atoms with Crippen LogP contribution in [0.3, 0.4) is 0 Å². The van der Waals surface area contributed by atoms with Gasteiger partial charge in [0.2, 0.25) is 0 Å². The van der Waals surface area contributed by atoms with Gasteiger partial charge in [-0.15, -0.1) is 0 Å². The summed E-state index contributed by atoms with van der Waals surface area (Å²) in [4.78, 5) is 21.2. The van der Waals surface area contributed by atoms with E-state index in [9.17, 15) is 9.59 Å². The van der Waals surface area contributed by atoms with Crippen LogP contribution in [0.4, 0.5) is 4.79 Å². The van der Waals surface area contributed by atoms with Crippen LogP contribution in [-0.4, -0.2) is 45.4 Å². The van der Waals surface area contributed by atoms with E-state index in [2.05, 4.69) is 15.4 Å². The summed E-state index contributed by atoms with van der Waals surface area (Å²) in [6, 6.07) is 0. The highest BCUT2D eigenvalue weighted by Gasteiger charge is 2.08. The number of nitrogens with one attached hydrogen (secondary N) is 2. The predicted molar refractivity (Wildman–Crippen MR) is 68.4 cm³/mol. The second-order valence-corrected chi connectivity index (χ2v) is 4.09. The zero-order chi connectivity index (χ0) is 13.6. The van der Waals surface area contributed by atoms with Crippen molar-refractivity contribution in [2.45, 2.75) is 38.7 Å². The molecule has 0 rings (SSSR count). The number of hydrogen-bond acceptors (Lipinski definition) is 5. The molecule has 0 aromatic carbocycles. The van der Waals surface area contributed by atoms with E-state index >= 15 is 0 Å². The monoisotopic (exact) mass is 260 g/mol. The first-order valence-electron chi connectivity index (χ1n) is 6.35. The van der Waals surface area contributed by atoms with Gasteiger partial charge in [0.15, 0.2) is 0 Å². The normalized spacial score (nSPS) is 11.7. The van der Waals surface area contributed by atoms with Gasteiger partial charge < -0.3 is 20.1 Å². The minimum Gasteiger partial charge on any atom is -0.464 e. The smallest absolute Gasteiger partial charge is 0.407 e. The average molecular weight is 260 g/mol. The molecule has 0 aliphatic heterocycles. The van der Waals surface area contributed by atoms with Crippen molar-refractivity contribution in [3.63, 3.8) is 0 Å². The maximum atomic E-state index is 11.3. The summed E-state index contributed by atoms with van der Waals surface area (Å²) in [6.45, 7) is 3.73. The summed E-state index contributed by atoms with van der Waals surface area (Å²) < 4.78 is 9.44. The van der Waals surface area contributed by atoms with E-state index in [4.69, 9.17) is 4.74 Å². The maximum Gasteiger partial charge on any atom is 0.407 e. The molecule has 0 saturated heterocycles. The summed E-state index contributed by atoms with van der Waals surface area (Å²) in [5, 5.41) is 5.75. The first kappa shape index (κ1) is 16.7. The number of carbonyl (C=O) groups excluding carboxylic acids is 2. The van der Waals surface area contributed by atoms with Crippen molar-refractivity contribution >= 4 is 12.6 Å². The Labute approximate surface area is 108 Å². The van der Waals surface area contributed by atoms with Crippen LogP contribution < -0.4 is 10.6 Å². The van der Waals surface area contributed by atoms with Gasteiger partial charge in [-0.2, -0.15) is 0 Å². The Morgan fingerprint density at radius 1 is 1.22 bits per heavy atom. The summed E-state index contributed by atoms with van der Waals surface area (Å²) in [7, 11) is 1.94. The highest BCUT2D eigenvalue weighted by atomic mass is 16.6. The molecule has 0 radical (unpaired) electrons. The zero-order valence-electron chi connectivity index (χ0n) is 11.2. The van der Waals surface area contributed by atoms with Gasteiger partial charge in [-0.05, 0) is 33.4 Å². The van der Waals surface area contributed by atoms with Crippen LogP contribution in [0.2, 0.25) is 0 Å². The van der Waals surface area contributed by atoms with Gasteiger partial charge in [-0.1, -0.05) is 12.8 Å². The maximum absolute atomic E-state index is 11.3.